The first-order valence-corrected chi connectivity index (χ1v) is 14.6. The fourth-order valence-corrected chi connectivity index (χ4v) is 6.61. The molecule has 1 atom stereocenters. The number of amidine groups is 1. The molecule has 43 heavy (non-hydrogen) atoms. The summed E-state index contributed by atoms with van der Waals surface area (Å²) in [7, 11) is 1.62. The second-order valence-corrected chi connectivity index (χ2v) is 12.1. The van der Waals surface area contributed by atoms with E-state index in [1.54, 1.807) is 25.2 Å². The number of amides is 1. The molecule has 2 fully saturated rings. The molecule has 2 aliphatic heterocycles. The van der Waals surface area contributed by atoms with Crippen LogP contribution in [0.15, 0.2) is 36.4 Å². The fourth-order valence-electron chi connectivity index (χ4n) is 6.61. The van der Waals surface area contributed by atoms with Crippen LogP contribution in [0.25, 0.3) is 0 Å². The summed E-state index contributed by atoms with van der Waals surface area (Å²) < 4.78 is 48.8. The number of nitriles is 1. The number of ether oxygens (including phenoxy) is 1. The van der Waals surface area contributed by atoms with Crippen molar-refractivity contribution in [3.05, 3.63) is 64.2 Å². The van der Waals surface area contributed by atoms with E-state index < -0.39 is 23.1 Å². The molecule has 5 rings (SSSR count). The van der Waals surface area contributed by atoms with Gasteiger partial charge in [-0.25, -0.2) is 0 Å². The molecule has 2 aromatic rings. The van der Waals surface area contributed by atoms with Gasteiger partial charge < -0.3 is 14.5 Å². The lowest BCUT2D eigenvalue weighted by Gasteiger charge is -2.46. The highest BCUT2D eigenvalue weighted by molar-refractivity contribution is 6.10. The zero-order valence-corrected chi connectivity index (χ0v) is 24.5. The first-order valence-electron chi connectivity index (χ1n) is 14.6. The molecule has 2 N–H and O–H groups in total. The minimum atomic E-state index is -4.62. The van der Waals surface area contributed by atoms with Crippen LogP contribution in [0.2, 0.25) is 0 Å². The number of fused-ring (bicyclic) bond motifs is 1. The molecule has 228 valence electrons. The SMILES string of the molecule is CCC1COCCN(Cc2cc3c(c(C(F)(F)F)c2)CN(c2cccc([C@]4(CC(=N)N(C)C=N)C[C@@H](C#N)C4)c2)C3=O)C1. The quantitative estimate of drug-likeness (QED) is 0.297. The highest BCUT2D eigenvalue weighted by atomic mass is 19.4. The summed E-state index contributed by atoms with van der Waals surface area (Å²) in [5.74, 6) is -0.111. The summed E-state index contributed by atoms with van der Waals surface area (Å²) in [6.45, 7) is 4.68. The largest absolute Gasteiger partial charge is 0.416 e. The maximum Gasteiger partial charge on any atom is 0.416 e. The summed E-state index contributed by atoms with van der Waals surface area (Å²) in [6.07, 6.45) is -1.29. The van der Waals surface area contributed by atoms with Gasteiger partial charge in [0.2, 0.25) is 0 Å². The number of alkyl halides is 3. The van der Waals surface area contributed by atoms with E-state index in [4.69, 9.17) is 15.6 Å². The van der Waals surface area contributed by atoms with Gasteiger partial charge in [0.1, 0.15) is 5.84 Å². The number of carbonyl (C=O) groups is 1. The lowest BCUT2D eigenvalue weighted by molar-refractivity contribution is -0.138. The number of hydrogen-bond donors (Lipinski definition) is 2. The number of benzene rings is 2. The van der Waals surface area contributed by atoms with Crippen LogP contribution in [0, 0.1) is 34.0 Å². The van der Waals surface area contributed by atoms with Crippen LogP contribution in [0.1, 0.15) is 65.2 Å². The van der Waals surface area contributed by atoms with Gasteiger partial charge in [-0.05, 0) is 66.1 Å². The number of anilines is 1. The fraction of sp³-hybridized carbons (Fsp3) is 0.500. The first-order chi connectivity index (χ1) is 20.5. The van der Waals surface area contributed by atoms with E-state index in [1.165, 1.54) is 15.9 Å². The Morgan fingerprint density at radius 2 is 2.05 bits per heavy atom. The van der Waals surface area contributed by atoms with Crippen LogP contribution in [-0.2, 0) is 29.4 Å². The van der Waals surface area contributed by atoms with E-state index >= 15 is 0 Å². The van der Waals surface area contributed by atoms with Crippen LogP contribution < -0.4 is 4.90 Å². The molecule has 1 saturated heterocycles. The summed E-state index contributed by atoms with van der Waals surface area (Å²) in [5, 5.41) is 25.4. The molecule has 0 bridgehead atoms. The van der Waals surface area contributed by atoms with Crippen molar-refractivity contribution < 1.29 is 22.7 Å². The Balaban J connectivity index is 1.45. The second kappa shape index (κ2) is 12.1. The van der Waals surface area contributed by atoms with Crippen molar-refractivity contribution in [1.29, 1.82) is 16.1 Å². The molecule has 0 radical (unpaired) electrons. The predicted octanol–water partition coefficient (Wildman–Crippen LogP) is 5.80. The highest BCUT2D eigenvalue weighted by Gasteiger charge is 2.47. The van der Waals surface area contributed by atoms with Gasteiger partial charge in [0, 0.05) is 55.7 Å². The number of hydrogen-bond acceptors (Lipinski definition) is 6. The average molecular weight is 595 g/mol. The third kappa shape index (κ3) is 6.17. The zero-order valence-electron chi connectivity index (χ0n) is 24.5. The molecule has 2 heterocycles. The molecular weight excluding hydrogens is 557 g/mol. The molecule has 1 aliphatic carbocycles. The smallest absolute Gasteiger partial charge is 0.380 e. The number of carbonyl (C=O) groups excluding carboxylic acids is 1. The molecule has 0 spiro atoms. The maximum atomic E-state index is 14.4. The van der Waals surface area contributed by atoms with E-state index in [0.717, 1.165) is 24.9 Å². The third-order valence-corrected chi connectivity index (χ3v) is 9.16. The number of nitrogens with zero attached hydrogens (tertiary/aromatic N) is 4. The lowest BCUT2D eigenvalue weighted by atomic mass is 9.57. The summed E-state index contributed by atoms with van der Waals surface area (Å²) in [4.78, 5) is 18.6. The Bertz CT molecular complexity index is 1450. The monoisotopic (exact) mass is 594 g/mol. The molecule has 11 heteroatoms. The van der Waals surface area contributed by atoms with Crippen molar-refractivity contribution >= 4 is 23.8 Å². The Morgan fingerprint density at radius 3 is 2.72 bits per heavy atom. The van der Waals surface area contributed by atoms with Crippen molar-refractivity contribution in [2.75, 3.05) is 38.3 Å². The second-order valence-electron chi connectivity index (χ2n) is 12.1. The van der Waals surface area contributed by atoms with E-state index in [1.807, 2.05) is 12.1 Å². The van der Waals surface area contributed by atoms with Crippen LogP contribution in [0.5, 0.6) is 0 Å². The molecule has 3 aliphatic rings. The van der Waals surface area contributed by atoms with E-state index in [9.17, 15) is 23.2 Å². The van der Waals surface area contributed by atoms with Gasteiger partial charge in [0.05, 0.1) is 37.7 Å². The third-order valence-electron chi connectivity index (χ3n) is 9.16. The average Bonchev–Trinajstić information content (AvgIpc) is 3.13. The number of nitrogens with one attached hydrogen (secondary N) is 2. The van der Waals surface area contributed by atoms with Crippen LogP contribution in [-0.4, -0.2) is 61.2 Å². The van der Waals surface area contributed by atoms with E-state index in [0.29, 0.717) is 62.7 Å². The molecule has 2 aromatic carbocycles. The molecule has 1 unspecified atom stereocenters. The topological polar surface area (TPSA) is 108 Å². The van der Waals surface area contributed by atoms with Crippen LogP contribution in [0.4, 0.5) is 18.9 Å². The van der Waals surface area contributed by atoms with Crippen molar-refractivity contribution in [1.82, 2.24) is 9.80 Å². The Kier molecular flexibility index (Phi) is 8.63. The lowest BCUT2D eigenvalue weighted by Crippen LogP contribution is -2.44. The number of rotatable bonds is 8. The first kappa shape index (κ1) is 30.7. The van der Waals surface area contributed by atoms with Gasteiger partial charge in [-0.2, -0.15) is 18.4 Å². The van der Waals surface area contributed by atoms with Crippen molar-refractivity contribution in [3.63, 3.8) is 0 Å². The summed E-state index contributed by atoms with van der Waals surface area (Å²) in [5.41, 5.74) is 0.514. The maximum absolute atomic E-state index is 14.4. The predicted molar refractivity (Wildman–Crippen MR) is 157 cm³/mol. The summed E-state index contributed by atoms with van der Waals surface area (Å²) in [6, 6.07) is 12.3. The Hall–Kier alpha value is -3.75. The Labute approximate surface area is 250 Å². The van der Waals surface area contributed by atoms with Gasteiger partial charge in [-0.15, -0.1) is 0 Å². The van der Waals surface area contributed by atoms with E-state index in [2.05, 4.69) is 17.9 Å². The molecular formula is C32H37F3N6O2. The van der Waals surface area contributed by atoms with Gasteiger partial charge in [0.15, 0.2) is 0 Å². The van der Waals surface area contributed by atoms with E-state index in [-0.39, 0.29) is 29.4 Å². The van der Waals surface area contributed by atoms with Gasteiger partial charge in [-0.1, -0.05) is 19.1 Å². The van der Waals surface area contributed by atoms with Crippen LogP contribution >= 0.6 is 0 Å². The molecule has 8 nitrogen and oxygen atoms in total. The zero-order chi connectivity index (χ0) is 30.9. The normalized spacial score (nSPS) is 24.1. The molecule has 1 saturated carbocycles. The molecule has 1 amide bonds. The highest BCUT2D eigenvalue weighted by Crippen LogP contribution is 2.51. The van der Waals surface area contributed by atoms with Gasteiger partial charge in [0.25, 0.3) is 5.91 Å². The van der Waals surface area contributed by atoms with Crippen LogP contribution in [0.3, 0.4) is 0 Å². The Morgan fingerprint density at radius 1 is 1.28 bits per heavy atom. The summed E-state index contributed by atoms with van der Waals surface area (Å²) >= 11 is 0. The van der Waals surface area contributed by atoms with Gasteiger partial charge >= 0.3 is 6.18 Å². The number of halogens is 3. The van der Waals surface area contributed by atoms with Gasteiger partial charge in [-0.3, -0.25) is 20.5 Å². The van der Waals surface area contributed by atoms with Crippen molar-refractivity contribution in [3.8, 4) is 6.07 Å². The standard InChI is InChI=1S/C32H37F3N6O2/c1-3-21-16-40(7-8-43-19-21)17-22-9-26-27(28(10-22)32(33,34)35)18-41(30(26)42)25-6-4-5-24(11-25)31(12-23(13-31)15-36)14-29(38)39(2)20-37/h4-6,9-11,20-21,23,37-38H,3,7-8,12-14,16-19H2,1-2H3/t21?,23-,31-. The minimum absolute atomic E-state index is 0.0189. The minimum Gasteiger partial charge on any atom is -0.380 e. The van der Waals surface area contributed by atoms with Crippen molar-refractivity contribution in [2.24, 2.45) is 11.8 Å². The van der Waals surface area contributed by atoms with Crippen molar-refractivity contribution in [2.45, 2.75) is 57.3 Å². The molecule has 0 aromatic heterocycles.